The Morgan fingerprint density at radius 3 is 2.67 bits per heavy atom. The minimum atomic E-state index is -0.160. The van der Waals surface area contributed by atoms with Gasteiger partial charge in [0.2, 0.25) is 0 Å². The van der Waals surface area contributed by atoms with Crippen molar-refractivity contribution in [3.05, 3.63) is 64.0 Å². The molecule has 0 spiro atoms. The summed E-state index contributed by atoms with van der Waals surface area (Å²) in [7, 11) is 1.56. The van der Waals surface area contributed by atoms with Gasteiger partial charge in [0, 0.05) is 10.6 Å². The topological polar surface area (TPSA) is 74.5 Å². The molecule has 0 fully saturated rings. The Morgan fingerprint density at radius 1 is 1.15 bits per heavy atom. The second-order valence-corrected chi connectivity index (χ2v) is 7.01. The molecule has 27 heavy (non-hydrogen) atoms. The van der Waals surface area contributed by atoms with Gasteiger partial charge in [0.15, 0.2) is 23.9 Å². The molecule has 0 saturated carbocycles. The predicted molar refractivity (Wildman–Crippen MR) is 103 cm³/mol. The van der Waals surface area contributed by atoms with Gasteiger partial charge in [-0.2, -0.15) is 0 Å². The lowest BCUT2D eigenvalue weighted by molar-refractivity contribution is 0.102. The Kier molecular flexibility index (Phi) is 6.60. The first-order valence-corrected chi connectivity index (χ1v) is 9.50. The number of hydrogen-bond donors (Lipinski definition) is 0. The predicted octanol–water partition coefficient (Wildman–Crippen LogP) is 4.94. The summed E-state index contributed by atoms with van der Waals surface area (Å²) >= 11 is 13.0. The molecule has 0 aliphatic heterocycles. The number of thioether (sulfide) groups is 1. The first-order chi connectivity index (χ1) is 13.1. The number of carbonyl (C=O) groups is 1. The molecular weight excluding hydrogens is 411 g/mol. The van der Waals surface area contributed by atoms with Gasteiger partial charge in [0.25, 0.3) is 11.1 Å². The lowest BCUT2D eigenvalue weighted by Crippen LogP contribution is -2.03. The SMILES string of the molecule is COc1ccccc1OCc1nnc(SCC(=O)c2ccc(Cl)cc2Cl)o1. The van der Waals surface area contributed by atoms with Crippen LogP contribution in [0.25, 0.3) is 0 Å². The molecule has 6 nitrogen and oxygen atoms in total. The highest BCUT2D eigenvalue weighted by Gasteiger charge is 2.14. The van der Waals surface area contributed by atoms with Crippen LogP contribution in [0, 0.1) is 0 Å². The highest BCUT2D eigenvalue weighted by molar-refractivity contribution is 7.99. The Labute approximate surface area is 169 Å². The van der Waals surface area contributed by atoms with Crippen molar-refractivity contribution in [2.24, 2.45) is 0 Å². The van der Waals surface area contributed by atoms with Crippen molar-refractivity contribution in [3.8, 4) is 11.5 Å². The summed E-state index contributed by atoms with van der Waals surface area (Å²) in [6.45, 7) is 0.0882. The Hall–Kier alpha value is -2.22. The van der Waals surface area contributed by atoms with Crippen LogP contribution in [0.4, 0.5) is 0 Å². The van der Waals surface area contributed by atoms with Crippen molar-refractivity contribution in [1.82, 2.24) is 10.2 Å². The number of para-hydroxylation sites is 2. The van der Waals surface area contributed by atoms with E-state index >= 15 is 0 Å². The molecule has 0 aliphatic carbocycles. The zero-order valence-corrected chi connectivity index (χ0v) is 16.5. The van der Waals surface area contributed by atoms with Crippen molar-refractivity contribution >= 4 is 40.7 Å². The third-order valence-electron chi connectivity index (χ3n) is 3.43. The minimum Gasteiger partial charge on any atom is -0.493 e. The number of methoxy groups -OCH3 is 1. The monoisotopic (exact) mass is 424 g/mol. The Morgan fingerprint density at radius 2 is 1.93 bits per heavy atom. The number of benzene rings is 2. The molecule has 9 heteroatoms. The van der Waals surface area contributed by atoms with Crippen LogP contribution in [0.1, 0.15) is 16.2 Å². The van der Waals surface area contributed by atoms with Crippen molar-refractivity contribution in [2.75, 3.05) is 12.9 Å². The zero-order chi connectivity index (χ0) is 19.2. The lowest BCUT2D eigenvalue weighted by atomic mass is 10.1. The number of ketones is 1. The number of halogens is 2. The molecule has 0 radical (unpaired) electrons. The molecule has 0 N–H and O–H groups in total. The largest absolute Gasteiger partial charge is 0.493 e. The summed E-state index contributed by atoms with van der Waals surface area (Å²) < 4.78 is 16.3. The second-order valence-electron chi connectivity index (χ2n) is 5.24. The van der Waals surface area contributed by atoms with Crippen LogP contribution in [-0.2, 0) is 6.61 Å². The van der Waals surface area contributed by atoms with Gasteiger partial charge in [-0.15, -0.1) is 10.2 Å². The summed E-state index contributed by atoms with van der Waals surface area (Å²) in [5.74, 6) is 1.42. The summed E-state index contributed by atoms with van der Waals surface area (Å²) in [4.78, 5) is 12.3. The Bertz CT molecular complexity index is 949. The molecular formula is C18H14Cl2N2O4S. The average Bonchev–Trinajstić information content (AvgIpc) is 3.12. The van der Waals surface area contributed by atoms with E-state index in [-0.39, 0.29) is 23.4 Å². The summed E-state index contributed by atoms with van der Waals surface area (Å²) in [6, 6.07) is 12.0. The van der Waals surface area contributed by atoms with Crippen LogP contribution in [0.2, 0.25) is 10.0 Å². The Balaban J connectivity index is 1.55. The van der Waals surface area contributed by atoms with E-state index in [2.05, 4.69) is 10.2 Å². The van der Waals surface area contributed by atoms with Gasteiger partial charge >= 0.3 is 0 Å². The van der Waals surface area contributed by atoms with Crippen LogP contribution >= 0.6 is 35.0 Å². The molecule has 2 aromatic carbocycles. The third-order valence-corrected chi connectivity index (χ3v) is 4.79. The number of hydrogen-bond acceptors (Lipinski definition) is 7. The number of Topliss-reactive ketones (excluding diaryl/α,β-unsaturated/α-hetero) is 1. The van der Waals surface area contributed by atoms with Gasteiger partial charge < -0.3 is 13.9 Å². The van der Waals surface area contributed by atoms with E-state index in [0.717, 1.165) is 11.8 Å². The number of carbonyl (C=O) groups excluding carboxylic acids is 1. The fraction of sp³-hybridized carbons (Fsp3) is 0.167. The molecule has 3 rings (SSSR count). The van der Waals surface area contributed by atoms with Gasteiger partial charge in [0.1, 0.15) is 0 Å². The second kappa shape index (κ2) is 9.12. The fourth-order valence-corrected chi connectivity index (χ4v) is 3.33. The molecule has 0 aliphatic rings. The maximum Gasteiger partial charge on any atom is 0.277 e. The van der Waals surface area contributed by atoms with Gasteiger partial charge in [-0.05, 0) is 30.3 Å². The lowest BCUT2D eigenvalue weighted by Gasteiger charge is -2.07. The number of aromatic nitrogens is 2. The van der Waals surface area contributed by atoms with E-state index < -0.39 is 0 Å². The first-order valence-electron chi connectivity index (χ1n) is 7.76. The van der Waals surface area contributed by atoms with Crippen molar-refractivity contribution in [1.29, 1.82) is 0 Å². The zero-order valence-electron chi connectivity index (χ0n) is 14.1. The highest BCUT2D eigenvalue weighted by atomic mass is 35.5. The maximum atomic E-state index is 12.3. The molecule has 0 atom stereocenters. The standard InChI is InChI=1S/C18H14Cl2N2O4S/c1-24-15-4-2-3-5-16(15)25-9-17-21-22-18(26-17)27-10-14(23)12-7-6-11(19)8-13(12)20/h2-8H,9-10H2,1H3. The van der Waals surface area contributed by atoms with E-state index in [1.54, 1.807) is 31.4 Å². The summed E-state index contributed by atoms with van der Waals surface area (Å²) in [5.41, 5.74) is 0.396. The molecule has 3 aromatic rings. The molecule has 140 valence electrons. The van der Waals surface area contributed by atoms with E-state index in [1.165, 1.54) is 6.07 Å². The van der Waals surface area contributed by atoms with Gasteiger partial charge in [-0.25, -0.2) is 0 Å². The molecule has 0 saturated heterocycles. The number of ether oxygens (including phenoxy) is 2. The normalized spacial score (nSPS) is 10.6. The van der Waals surface area contributed by atoms with Gasteiger partial charge in [-0.3, -0.25) is 4.79 Å². The van der Waals surface area contributed by atoms with Crippen LogP contribution in [0.3, 0.4) is 0 Å². The molecule has 0 amide bonds. The van der Waals surface area contributed by atoms with Crippen LogP contribution in [0.15, 0.2) is 52.1 Å². The molecule has 1 aromatic heterocycles. The smallest absolute Gasteiger partial charge is 0.277 e. The van der Waals surface area contributed by atoms with Crippen molar-refractivity contribution in [3.63, 3.8) is 0 Å². The third kappa shape index (κ3) is 5.15. The average molecular weight is 425 g/mol. The van der Waals surface area contributed by atoms with Crippen LogP contribution in [0.5, 0.6) is 11.5 Å². The quantitative estimate of drug-likeness (QED) is 0.374. The van der Waals surface area contributed by atoms with Gasteiger partial charge in [-0.1, -0.05) is 47.1 Å². The number of nitrogens with zero attached hydrogens (tertiary/aromatic N) is 2. The van der Waals surface area contributed by atoms with E-state index in [4.69, 9.17) is 37.1 Å². The fourth-order valence-electron chi connectivity index (χ4n) is 2.15. The van der Waals surface area contributed by atoms with Crippen molar-refractivity contribution in [2.45, 2.75) is 11.8 Å². The van der Waals surface area contributed by atoms with Gasteiger partial charge in [0.05, 0.1) is 17.9 Å². The first kappa shape index (κ1) is 19.5. The van der Waals surface area contributed by atoms with Crippen LogP contribution < -0.4 is 9.47 Å². The molecule has 1 heterocycles. The molecule has 0 unspecified atom stereocenters. The highest BCUT2D eigenvalue weighted by Crippen LogP contribution is 2.27. The van der Waals surface area contributed by atoms with E-state index in [0.29, 0.717) is 33.0 Å². The van der Waals surface area contributed by atoms with E-state index in [9.17, 15) is 4.79 Å². The summed E-state index contributed by atoms with van der Waals surface area (Å²) in [5, 5.41) is 8.86. The van der Waals surface area contributed by atoms with E-state index in [1.807, 2.05) is 12.1 Å². The summed E-state index contributed by atoms with van der Waals surface area (Å²) in [6.07, 6.45) is 0. The minimum absolute atomic E-state index is 0.0882. The van der Waals surface area contributed by atoms with Crippen LogP contribution in [-0.4, -0.2) is 28.8 Å². The maximum absolute atomic E-state index is 12.3. The molecule has 0 bridgehead atoms. The number of rotatable bonds is 8. The van der Waals surface area contributed by atoms with Crippen molar-refractivity contribution < 1.29 is 18.7 Å².